The maximum Gasteiger partial charge on any atom is 0.276 e. The summed E-state index contributed by atoms with van der Waals surface area (Å²) in [6, 6.07) is 6.94. The molecular weight excluding hydrogens is 298 g/mol. The molecule has 0 aliphatic heterocycles. The third-order valence-corrected chi connectivity index (χ3v) is 4.17. The topological polar surface area (TPSA) is 59.3 Å². The van der Waals surface area contributed by atoms with E-state index >= 15 is 0 Å². The Hall–Kier alpha value is -1.66. The van der Waals surface area contributed by atoms with Crippen LogP contribution in [-0.4, -0.2) is 23.0 Å². The molecule has 0 spiro atoms. The number of anilines is 1. The molecule has 0 aromatic carbocycles. The maximum atomic E-state index is 10.9. The van der Waals surface area contributed by atoms with Gasteiger partial charge in [0.05, 0.1) is 17.1 Å². The average molecular weight is 312 g/mol. The largest absolute Gasteiger partial charge is 0.356 e. The summed E-state index contributed by atoms with van der Waals surface area (Å²) in [5.74, 6) is 0.508. The lowest BCUT2D eigenvalue weighted by Gasteiger charge is -2.25. The average Bonchev–Trinajstić information content (AvgIpc) is 2.89. The Bertz CT molecular complexity index is 604. The van der Waals surface area contributed by atoms with E-state index in [0.29, 0.717) is 5.82 Å². The SMILES string of the molecule is CC(Cc1cccs1)N(C)c1cc([N+](=O)[O-])cc(Cl)n1. The van der Waals surface area contributed by atoms with Gasteiger partial charge in [-0.05, 0) is 18.4 Å². The van der Waals surface area contributed by atoms with Crippen LogP contribution in [0.4, 0.5) is 11.5 Å². The van der Waals surface area contributed by atoms with Gasteiger partial charge in [-0.3, -0.25) is 10.1 Å². The zero-order chi connectivity index (χ0) is 14.7. The monoisotopic (exact) mass is 311 g/mol. The number of nitro groups is 1. The summed E-state index contributed by atoms with van der Waals surface area (Å²) < 4.78 is 0. The van der Waals surface area contributed by atoms with Crippen LogP contribution in [0.2, 0.25) is 5.15 Å². The van der Waals surface area contributed by atoms with E-state index in [2.05, 4.69) is 11.1 Å². The molecule has 0 N–H and O–H groups in total. The third kappa shape index (κ3) is 3.46. The molecule has 1 atom stereocenters. The maximum absolute atomic E-state index is 10.9. The number of rotatable bonds is 5. The van der Waals surface area contributed by atoms with Crippen LogP contribution in [0.15, 0.2) is 29.6 Å². The molecule has 0 bridgehead atoms. The van der Waals surface area contributed by atoms with Crippen molar-refractivity contribution in [2.24, 2.45) is 0 Å². The normalized spacial score (nSPS) is 12.2. The smallest absolute Gasteiger partial charge is 0.276 e. The van der Waals surface area contributed by atoms with Crippen LogP contribution in [-0.2, 0) is 6.42 Å². The highest BCUT2D eigenvalue weighted by atomic mass is 35.5. The summed E-state index contributed by atoms with van der Waals surface area (Å²) in [6.45, 7) is 2.05. The number of thiophene rings is 1. The molecule has 2 aromatic rings. The van der Waals surface area contributed by atoms with Gasteiger partial charge in [-0.2, -0.15) is 0 Å². The third-order valence-electron chi connectivity index (χ3n) is 3.08. The number of halogens is 1. The fourth-order valence-corrected chi connectivity index (χ4v) is 2.86. The highest BCUT2D eigenvalue weighted by Gasteiger charge is 2.17. The second-order valence-corrected chi connectivity index (χ2v) is 5.93. The second kappa shape index (κ2) is 6.19. The van der Waals surface area contributed by atoms with E-state index in [0.717, 1.165) is 6.42 Å². The lowest BCUT2D eigenvalue weighted by Crippen LogP contribution is -2.31. The van der Waals surface area contributed by atoms with E-state index < -0.39 is 4.92 Å². The first-order chi connectivity index (χ1) is 9.47. The molecule has 106 valence electrons. The fourth-order valence-electron chi connectivity index (χ4n) is 1.84. The predicted octanol–water partition coefficient (Wildman–Crippen LogP) is 3.77. The van der Waals surface area contributed by atoms with Crippen LogP contribution in [0.3, 0.4) is 0 Å². The molecule has 20 heavy (non-hydrogen) atoms. The summed E-state index contributed by atoms with van der Waals surface area (Å²) >= 11 is 7.54. The first-order valence-corrected chi connectivity index (χ1v) is 7.30. The Kier molecular flexibility index (Phi) is 4.57. The standard InChI is InChI=1S/C13H14ClN3O2S/c1-9(6-11-4-3-5-20-11)16(2)13-8-10(17(18)19)7-12(14)15-13/h3-5,7-9H,6H2,1-2H3. The highest BCUT2D eigenvalue weighted by Crippen LogP contribution is 2.24. The molecule has 5 nitrogen and oxygen atoms in total. The van der Waals surface area contributed by atoms with Gasteiger partial charge >= 0.3 is 0 Å². The van der Waals surface area contributed by atoms with Crippen LogP contribution in [0.25, 0.3) is 0 Å². The minimum absolute atomic E-state index is 0.0461. The Morgan fingerprint density at radius 1 is 1.55 bits per heavy atom. The molecule has 0 saturated heterocycles. The molecular formula is C13H14ClN3O2S. The summed E-state index contributed by atoms with van der Waals surface area (Å²) in [4.78, 5) is 17.7. The van der Waals surface area contributed by atoms with Crippen LogP contribution in [0.1, 0.15) is 11.8 Å². The van der Waals surface area contributed by atoms with Crippen molar-refractivity contribution in [3.63, 3.8) is 0 Å². The zero-order valence-corrected chi connectivity index (χ0v) is 12.7. The van der Waals surface area contributed by atoms with Gasteiger partial charge in [0.2, 0.25) is 0 Å². The Labute approximate surface area is 126 Å². The molecule has 0 aliphatic carbocycles. The Morgan fingerprint density at radius 3 is 2.90 bits per heavy atom. The second-order valence-electron chi connectivity index (χ2n) is 4.51. The Morgan fingerprint density at radius 2 is 2.30 bits per heavy atom. The summed E-state index contributed by atoms with van der Waals surface area (Å²) in [5, 5.41) is 13.0. The molecule has 0 radical (unpaired) electrons. The molecule has 0 amide bonds. The molecule has 1 unspecified atom stereocenters. The van der Waals surface area contributed by atoms with Gasteiger partial charge in [0.25, 0.3) is 5.69 Å². The zero-order valence-electron chi connectivity index (χ0n) is 11.1. The molecule has 0 saturated carbocycles. The van der Waals surface area contributed by atoms with Crippen molar-refractivity contribution >= 4 is 34.4 Å². The predicted molar refractivity (Wildman–Crippen MR) is 81.8 cm³/mol. The van der Waals surface area contributed by atoms with Crippen LogP contribution < -0.4 is 4.90 Å². The quantitative estimate of drug-likeness (QED) is 0.479. The first kappa shape index (κ1) is 14.7. The van der Waals surface area contributed by atoms with Crippen molar-refractivity contribution in [3.05, 3.63) is 49.8 Å². The van der Waals surface area contributed by atoms with Crippen LogP contribution in [0, 0.1) is 10.1 Å². The number of hydrogen-bond acceptors (Lipinski definition) is 5. The number of aromatic nitrogens is 1. The molecule has 0 aliphatic rings. The van der Waals surface area contributed by atoms with E-state index in [1.807, 2.05) is 30.3 Å². The van der Waals surface area contributed by atoms with Crippen LogP contribution >= 0.6 is 22.9 Å². The van der Waals surface area contributed by atoms with Gasteiger partial charge in [0.15, 0.2) is 0 Å². The summed E-state index contributed by atoms with van der Waals surface area (Å²) in [6.07, 6.45) is 0.857. The van der Waals surface area contributed by atoms with Crippen molar-refractivity contribution < 1.29 is 4.92 Å². The first-order valence-electron chi connectivity index (χ1n) is 6.04. The minimum Gasteiger partial charge on any atom is -0.356 e. The number of hydrogen-bond donors (Lipinski definition) is 0. The molecule has 2 heterocycles. The van der Waals surface area contributed by atoms with E-state index in [4.69, 9.17) is 11.6 Å². The van der Waals surface area contributed by atoms with Crippen molar-refractivity contribution in [2.45, 2.75) is 19.4 Å². The fraction of sp³-hybridized carbons (Fsp3) is 0.308. The van der Waals surface area contributed by atoms with Gasteiger partial charge in [-0.1, -0.05) is 17.7 Å². The van der Waals surface area contributed by atoms with E-state index in [1.54, 1.807) is 11.3 Å². The lowest BCUT2D eigenvalue weighted by molar-refractivity contribution is -0.384. The highest BCUT2D eigenvalue weighted by molar-refractivity contribution is 7.09. The van der Waals surface area contributed by atoms with E-state index in [9.17, 15) is 10.1 Å². The Balaban J connectivity index is 2.19. The van der Waals surface area contributed by atoms with Crippen molar-refractivity contribution in [3.8, 4) is 0 Å². The van der Waals surface area contributed by atoms with Crippen molar-refractivity contribution in [1.29, 1.82) is 0 Å². The molecule has 7 heteroatoms. The summed E-state index contributed by atoms with van der Waals surface area (Å²) in [5.41, 5.74) is -0.0461. The van der Waals surface area contributed by atoms with Gasteiger partial charge in [-0.15, -0.1) is 11.3 Å². The van der Waals surface area contributed by atoms with Gasteiger partial charge < -0.3 is 4.90 Å². The van der Waals surface area contributed by atoms with E-state index in [1.165, 1.54) is 17.0 Å². The van der Waals surface area contributed by atoms with E-state index in [-0.39, 0.29) is 16.9 Å². The van der Waals surface area contributed by atoms with Gasteiger partial charge in [-0.25, -0.2) is 4.98 Å². The number of pyridine rings is 1. The minimum atomic E-state index is -0.463. The van der Waals surface area contributed by atoms with Gasteiger partial charge in [0.1, 0.15) is 11.0 Å². The lowest BCUT2D eigenvalue weighted by atomic mass is 10.2. The number of nitrogens with zero attached hydrogens (tertiary/aromatic N) is 3. The van der Waals surface area contributed by atoms with Crippen LogP contribution in [0.5, 0.6) is 0 Å². The molecule has 2 rings (SSSR count). The van der Waals surface area contributed by atoms with Crippen molar-refractivity contribution in [1.82, 2.24) is 4.98 Å². The molecule has 0 fully saturated rings. The summed E-state index contributed by atoms with van der Waals surface area (Å²) in [7, 11) is 1.86. The number of likely N-dealkylation sites (N-methyl/N-ethyl adjacent to an activating group) is 1. The van der Waals surface area contributed by atoms with Gasteiger partial charge in [0, 0.05) is 24.4 Å². The van der Waals surface area contributed by atoms with Crippen molar-refractivity contribution in [2.75, 3.05) is 11.9 Å². The molecule has 2 aromatic heterocycles.